The second-order valence-corrected chi connectivity index (χ2v) is 4.50. The monoisotopic (exact) mass is 247 g/mol. The molecule has 0 saturated carbocycles. The van der Waals surface area contributed by atoms with E-state index in [0.29, 0.717) is 18.0 Å². The number of hydrogen-bond donors (Lipinski definition) is 1. The fourth-order valence-corrected chi connectivity index (χ4v) is 1.58. The van der Waals surface area contributed by atoms with Crippen LogP contribution in [0, 0.1) is 5.92 Å². The maximum Gasteiger partial charge on any atom is 0.435 e. The Morgan fingerprint density at radius 3 is 2.29 bits per heavy atom. The van der Waals surface area contributed by atoms with Gasteiger partial charge in [0.15, 0.2) is 5.69 Å². The van der Waals surface area contributed by atoms with Crippen LogP contribution in [0.3, 0.4) is 0 Å². The molecule has 0 fully saturated rings. The van der Waals surface area contributed by atoms with Crippen molar-refractivity contribution >= 4 is 0 Å². The van der Waals surface area contributed by atoms with Gasteiger partial charge in [-0.1, -0.05) is 13.8 Å². The van der Waals surface area contributed by atoms with Crippen LogP contribution >= 0.6 is 0 Å². The van der Waals surface area contributed by atoms with Crippen LogP contribution in [0.5, 0.6) is 0 Å². The van der Waals surface area contributed by atoms with Crippen LogP contribution in [0.25, 0.3) is 0 Å². The second-order valence-electron chi connectivity index (χ2n) is 4.50. The van der Waals surface area contributed by atoms with E-state index in [4.69, 9.17) is 5.73 Å². The lowest BCUT2D eigenvalue weighted by atomic mass is 10.0. The molecule has 6 heteroatoms. The molecule has 1 atom stereocenters. The molecular weight excluding hydrogens is 231 g/mol. The number of halogens is 3. The highest BCUT2D eigenvalue weighted by Crippen LogP contribution is 2.26. The summed E-state index contributed by atoms with van der Waals surface area (Å²) in [5.41, 5.74) is 5.36. The van der Waals surface area contributed by atoms with E-state index in [1.54, 1.807) is 0 Å². The number of alkyl halides is 3. The molecule has 0 amide bonds. The van der Waals surface area contributed by atoms with E-state index in [0.717, 1.165) is 12.5 Å². The molecular formula is C11H16F3N3. The van der Waals surface area contributed by atoms with E-state index in [1.165, 1.54) is 6.07 Å². The first-order chi connectivity index (χ1) is 7.79. The van der Waals surface area contributed by atoms with Crippen molar-refractivity contribution in [3.05, 3.63) is 23.5 Å². The van der Waals surface area contributed by atoms with Crippen LogP contribution in [-0.4, -0.2) is 16.2 Å². The van der Waals surface area contributed by atoms with E-state index in [2.05, 4.69) is 10.2 Å². The van der Waals surface area contributed by atoms with Crippen molar-refractivity contribution in [1.29, 1.82) is 0 Å². The Labute approximate surface area is 98.2 Å². The fourth-order valence-electron chi connectivity index (χ4n) is 1.58. The van der Waals surface area contributed by atoms with Gasteiger partial charge in [0.2, 0.25) is 0 Å². The lowest BCUT2D eigenvalue weighted by molar-refractivity contribution is -0.141. The van der Waals surface area contributed by atoms with E-state index in [1.807, 2.05) is 13.8 Å². The topological polar surface area (TPSA) is 51.8 Å². The number of hydrogen-bond acceptors (Lipinski definition) is 3. The molecule has 1 rings (SSSR count). The third-order valence-electron chi connectivity index (χ3n) is 2.26. The van der Waals surface area contributed by atoms with Gasteiger partial charge in [0.25, 0.3) is 0 Å². The summed E-state index contributed by atoms with van der Waals surface area (Å²) in [6.07, 6.45) is -3.18. The Morgan fingerprint density at radius 2 is 1.88 bits per heavy atom. The van der Waals surface area contributed by atoms with Gasteiger partial charge in [-0.3, -0.25) is 0 Å². The number of aromatic nitrogens is 2. The quantitative estimate of drug-likeness (QED) is 0.888. The molecule has 0 aromatic carbocycles. The second kappa shape index (κ2) is 5.44. The number of nitrogens with two attached hydrogens (primary N) is 1. The summed E-state index contributed by atoms with van der Waals surface area (Å²) >= 11 is 0. The van der Waals surface area contributed by atoms with E-state index in [-0.39, 0.29) is 6.04 Å². The Kier molecular flexibility index (Phi) is 4.45. The molecule has 1 aromatic heterocycles. The lowest BCUT2D eigenvalue weighted by Gasteiger charge is -2.13. The highest BCUT2D eigenvalue weighted by molar-refractivity contribution is 5.10. The zero-order valence-electron chi connectivity index (χ0n) is 9.83. The minimum Gasteiger partial charge on any atom is -0.327 e. The molecule has 0 aliphatic rings. The smallest absolute Gasteiger partial charge is 0.327 e. The average molecular weight is 247 g/mol. The van der Waals surface area contributed by atoms with Gasteiger partial charge in [0.1, 0.15) is 0 Å². The van der Waals surface area contributed by atoms with Gasteiger partial charge in [-0.2, -0.15) is 18.3 Å². The summed E-state index contributed by atoms with van der Waals surface area (Å²) in [6, 6.07) is 2.17. The van der Waals surface area contributed by atoms with Crippen LogP contribution in [0.1, 0.15) is 31.7 Å². The molecule has 96 valence electrons. The first kappa shape index (κ1) is 13.9. The Morgan fingerprint density at radius 1 is 1.24 bits per heavy atom. The molecule has 17 heavy (non-hydrogen) atoms. The predicted molar refractivity (Wildman–Crippen MR) is 58.2 cm³/mol. The molecule has 0 bridgehead atoms. The standard InChI is InChI=1S/C11H16F3N3/c1-7(2)5-8(15)6-9-3-4-10(17-16-9)11(12,13)14/h3-4,7-8H,5-6,15H2,1-2H3. The van der Waals surface area contributed by atoms with E-state index < -0.39 is 11.9 Å². The average Bonchev–Trinajstić information content (AvgIpc) is 2.15. The van der Waals surface area contributed by atoms with E-state index in [9.17, 15) is 13.2 Å². The third-order valence-corrected chi connectivity index (χ3v) is 2.26. The molecule has 0 spiro atoms. The molecule has 1 heterocycles. The first-order valence-corrected chi connectivity index (χ1v) is 5.44. The van der Waals surface area contributed by atoms with Gasteiger partial charge >= 0.3 is 6.18 Å². The number of rotatable bonds is 4. The summed E-state index contributed by atoms with van der Waals surface area (Å²) in [5.74, 6) is 0.451. The van der Waals surface area contributed by atoms with Gasteiger partial charge in [-0.05, 0) is 24.5 Å². The molecule has 1 aromatic rings. The summed E-state index contributed by atoms with van der Waals surface area (Å²) in [6.45, 7) is 4.08. The summed E-state index contributed by atoms with van der Waals surface area (Å²) in [7, 11) is 0. The van der Waals surface area contributed by atoms with Crippen molar-refractivity contribution in [2.75, 3.05) is 0 Å². The van der Waals surface area contributed by atoms with E-state index >= 15 is 0 Å². The van der Waals surface area contributed by atoms with Crippen LogP contribution in [-0.2, 0) is 12.6 Å². The van der Waals surface area contributed by atoms with Crippen molar-refractivity contribution in [1.82, 2.24) is 10.2 Å². The van der Waals surface area contributed by atoms with Crippen molar-refractivity contribution < 1.29 is 13.2 Å². The van der Waals surface area contributed by atoms with Crippen LogP contribution in [0.2, 0.25) is 0 Å². The minimum atomic E-state index is -4.44. The Bertz CT molecular complexity index is 346. The van der Waals surface area contributed by atoms with Crippen molar-refractivity contribution in [2.24, 2.45) is 11.7 Å². The fraction of sp³-hybridized carbons (Fsp3) is 0.636. The van der Waals surface area contributed by atoms with Crippen molar-refractivity contribution in [3.8, 4) is 0 Å². The molecule has 0 saturated heterocycles. The molecule has 0 aliphatic carbocycles. The van der Waals surface area contributed by atoms with Gasteiger partial charge in [-0.15, -0.1) is 5.10 Å². The van der Waals surface area contributed by atoms with Crippen molar-refractivity contribution in [3.63, 3.8) is 0 Å². The summed E-state index contributed by atoms with van der Waals surface area (Å²) in [5, 5.41) is 6.69. The number of nitrogens with zero attached hydrogens (tertiary/aromatic N) is 2. The summed E-state index contributed by atoms with van der Waals surface area (Å²) < 4.78 is 36.7. The summed E-state index contributed by atoms with van der Waals surface area (Å²) in [4.78, 5) is 0. The largest absolute Gasteiger partial charge is 0.435 e. The van der Waals surface area contributed by atoms with Crippen molar-refractivity contribution in [2.45, 2.75) is 38.9 Å². The van der Waals surface area contributed by atoms with Crippen LogP contribution < -0.4 is 5.73 Å². The van der Waals surface area contributed by atoms with Crippen LogP contribution in [0.4, 0.5) is 13.2 Å². The third kappa shape index (κ3) is 4.68. The normalized spacial score (nSPS) is 14.1. The minimum absolute atomic E-state index is 0.0963. The highest BCUT2D eigenvalue weighted by atomic mass is 19.4. The van der Waals surface area contributed by atoms with Gasteiger partial charge < -0.3 is 5.73 Å². The zero-order chi connectivity index (χ0) is 13.1. The Balaban J connectivity index is 2.63. The maximum atomic E-state index is 12.2. The lowest BCUT2D eigenvalue weighted by Crippen LogP contribution is -2.25. The first-order valence-electron chi connectivity index (χ1n) is 5.44. The Hall–Kier alpha value is -1.17. The highest BCUT2D eigenvalue weighted by Gasteiger charge is 2.32. The molecule has 0 radical (unpaired) electrons. The van der Waals surface area contributed by atoms with Gasteiger partial charge in [0, 0.05) is 12.5 Å². The van der Waals surface area contributed by atoms with Crippen LogP contribution in [0.15, 0.2) is 12.1 Å². The SMILES string of the molecule is CC(C)CC(N)Cc1ccc(C(F)(F)F)nn1. The molecule has 1 unspecified atom stereocenters. The van der Waals surface area contributed by atoms with Gasteiger partial charge in [-0.25, -0.2) is 0 Å². The zero-order valence-corrected chi connectivity index (χ0v) is 9.83. The molecule has 2 N–H and O–H groups in total. The molecule has 3 nitrogen and oxygen atoms in total. The maximum absolute atomic E-state index is 12.2. The predicted octanol–water partition coefficient (Wildman–Crippen LogP) is 2.41. The van der Waals surface area contributed by atoms with Gasteiger partial charge in [0.05, 0.1) is 5.69 Å². The molecule has 0 aliphatic heterocycles.